The molecule has 126 valence electrons. The van der Waals surface area contributed by atoms with Gasteiger partial charge in [0.1, 0.15) is 13.2 Å². The molecule has 0 saturated heterocycles. The van der Waals surface area contributed by atoms with Gasteiger partial charge in [-0.1, -0.05) is 18.2 Å². The molecule has 1 heterocycles. The van der Waals surface area contributed by atoms with Gasteiger partial charge in [0, 0.05) is 18.3 Å². The fourth-order valence-electron chi connectivity index (χ4n) is 2.58. The van der Waals surface area contributed by atoms with Gasteiger partial charge in [0.25, 0.3) is 0 Å². The molecule has 0 radical (unpaired) electrons. The third-order valence-corrected chi connectivity index (χ3v) is 3.90. The topological polar surface area (TPSA) is 85.6 Å². The van der Waals surface area contributed by atoms with E-state index in [9.17, 15) is 4.79 Å². The lowest BCUT2D eigenvalue weighted by atomic mass is 10.1. The van der Waals surface area contributed by atoms with Crippen LogP contribution in [-0.4, -0.2) is 19.2 Å². The predicted molar refractivity (Wildman–Crippen MR) is 92.3 cm³/mol. The van der Waals surface area contributed by atoms with Crippen LogP contribution in [0.1, 0.15) is 24.1 Å². The summed E-state index contributed by atoms with van der Waals surface area (Å²) in [6, 6.07) is 13.2. The summed E-state index contributed by atoms with van der Waals surface area (Å²) in [4.78, 5) is 10.8. The molecule has 0 aromatic heterocycles. The number of rotatable bonds is 5. The van der Waals surface area contributed by atoms with Crippen LogP contribution in [0, 0.1) is 0 Å². The maximum absolute atomic E-state index is 10.8. The molecule has 1 atom stereocenters. The van der Waals surface area contributed by atoms with E-state index in [0.29, 0.717) is 18.9 Å². The van der Waals surface area contributed by atoms with Crippen LogP contribution in [0.2, 0.25) is 0 Å². The number of carbonyl (C=O) groups is 1. The molecule has 0 aliphatic carbocycles. The summed E-state index contributed by atoms with van der Waals surface area (Å²) < 4.78 is 11.1. The Balaban J connectivity index is 1.58. The molecule has 0 fully saturated rings. The van der Waals surface area contributed by atoms with E-state index in [-0.39, 0.29) is 6.04 Å². The third-order valence-electron chi connectivity index (χ3n) is 3.90. The summed E-state index contributed by atoms with van der Waals surface area (Å²) in [7, 11) is 0. The fraction of sp³-hybridized carbons (Fsp3) is 0.278. The SMILES string of the molecule is CC(NCc1ccc2c(c1)OCCO2)c1ccc(NC(N)=O)cc1. The first kappa shape index (κ1) is 16.1. The highest BCUT2D eigenvalue weighted by Gasteiger charge is 2.12. The Labute approximate surface area is 141 Å². The average molecular weight is 327 g/mol. The van der Waals surface area contributed by atoms with Crippen LogP contribution in [0.25, 0.3) is 0 Å². The summed E-state index contributed by atoms with van der Waals surface area (Å²) >= 11 is 0. The predicted octanol–water partition coefficient (Wildman–Crippen LogP) is 2.80. The van der Waals surface area contributed by atoms with Gasteiger partial charge in [-0.15, -0.1) is 0 Å². The van der Waals surface area contributed by atoms with Crippen LogP contribution in [-0.2, 0) is 6.54 Å². The van der Waals surface area contributed by atoms with Gasteiger partial charge in [-0.05, 0) is 42.3 Å². The smallest absolute Gasteiger partial charge is 0.316 e. The Morgan fingerprint density at radius 2 is 1.83 bits per heavy atom. The first-order chi connectivity index (χ1) is 11.6. The Bertz CT molecular complexity index is 716. The molecule has 1 unspecified atom stereocenters. The number of hydrogen-bond donors (Lipinski definition) is 3. The van der Waals surface area contributed by atoms with Crippen molar-refractivity contribution >= 4 is 11.7 Å². The van der Waals surface area contributed by atoms with Crippen molar-refractivity contribution in [2.45, 2.75) is 19.5 Å². The highest BCUT2D eigenvalue weighted by Crippen LogP contribution is 2.30. The van der Waals surface area contributed by atoms with Gasteiger partial charge in [-0.3, -0.25) is 0 Å². The van der Waals surface area contributed by atoms with Crippen LogP contribution in [0.15, 0.2) is 42.5 Å². The lowest BCUT2D eigenvalue weighted by molar-refractivity contribution is 0.171. The molecule has 2 amide bonds. The number of hydrogen-bond acceptors (Lipinski definition) is 4. The van der Waals surface area contributed by atoms with E-state index in [2.05, 4.69) is 17.6 Å². The third kappa shape index (κ3) is 3.97. The van der Waals surface area contributed by atoms with Crippen molar-refractivity contribution in [3.05, 3.63) is 53.6 Å². The number of primary amides is 1. The minimum atomic E-state index is -0.562. The van der Waals surface area contributed by atoms with Crippen molar-refractivity contribution in [1.82, 2.24) is 5.32 Å². The molecule has 0 spiro atoms. The van der Waals surface area contributed by atoms with Crippen molar-refractivity contribution in [3.63, 3.8) is 0 Å². The maximum atomic E-state index is 10.8. The number of carbonyl (C=O) groups excluding carboxylic acids is 1. The van der Waals surface area contributed by atoms with Crippen LogP contribution in [0.3, 0.4) is 0 Å². The van der Waals surface area contributed by atoms with E-state index >= 15 is 0 Å². The quantitative estimate of drug-likeness (QED) is 0.788. The number of benzene rings is 2. The van der Waals surface area contributed by atoms with Gasteiger partial charge in [0.2, 0.25) is 0 Å². The Hall–Kier alpha value is -2.73. The summed E-state index contributed by atoms with van der Waals surface area (Å²) in [5.74, 6) is 1.60. The van der Waals surface area contributed by atoms with E-state index in [1.54, 1.807) is 0 Å². The number of urea groups is 1. The van der Waals surface area contributed by atoms with Crippen molar-refractivity contribution in [2.75, 3.05) is 18.5 Å². The standard InChI is InChI=1S/C18H21N3O3/c1-12(14-3-5-15(6-4-14)21-18(19)22)20-11-13-2-7-16-17(10-13)24-9-8-23-16/h2-7,10,12,20H,8-9,11H2,1H3,(H3,19,21,22). The molecule has 3 rings (SSSR count). The van der Waals surface area contributed by atoms with Crippen LogP contribution in [0.4, 0.5) is 10.5 Å². The van der Waals surface area contributed by atoms with E-state index < -0.39 is 6.03 Å². The molecule has 4 N–H and O–H groups in total. The largest absolute Gasteiger partial charge is 0.486 e. The van der Waals surface area contributed by atoms with Gasteiger partial charge >= 0.3 is 6.03 Å². The average Bonchev–Trinajstić information content (AvgIpc) is 2.59. The summed E-state index contributed by atoms with van der Waals surface area (Å²) in [5.41, 5.74) is 8.05. The van der Waals surface area contributed by atoms with E-state index in [1.807, 2.05) is 42.5 Å². The van der Waals surface area contributed by atoms with E-state index in [0.717, 1.165) is 29.2 Å². The lowest BCUT2D eigenvalue weighted by Gasteiger charge is -2.20. The summed E-state index contributed by atoms with van der Waals surface area (Å²) in [6.45, 7) is 4.00. The van der Waals surface area contributed by atoms with Gasteiger partial charge < -0.3 is 25.8 Å². The molecule has 0 bridgehead atoms. The second-order valence-corrected chi connectivity index (χ2v) is 5.69. The summed E-state index contributed by atoms with van der Waals surface area (Å²) in [5, 5.41) is 6.02. The molecule has 6 nitrogen and oxygen atoms in total. The molecule has 6 heteroatoms. The van der Waals surface area contributed by atoms with Crippen molar-refractivity contribution in [1.29, 1.82) is 0 Å². The van der Waals surface area contributed by atoms with Gasteiger partial charge in [0.15, 0.2) is 11.5 Å². The first-order valence-electron chi connectivity index (χ1n) is 7.90. The molecule has 24 heavy (non-hydrogen) atoms. The van der Waals surface area contributed by atoms with Crippen LogP contribution >= 0.6 is 0 Å². The number of nitrogens with one attached hydrogen (secondary N) is 2. The van der Waals surface area contributed by atoms with E-state index in [4.69, 9.17) is 15.2 Å². The second kappa shape index (κ2) is 7.23. The molecule has 1 aliphatic rings. The Morgan fingerprint density at radius 1 is 1.12 bits per heavy atom. The van der Waals surface area contributed by atoms with E-state index in [1.165, 1.54) is 0 Å². The van der Waals surface area contributed by atoms with Crippen molar-refractivity contribution in [2.24, 2.45) is 5.73 Å². The molecule has 2 aromatic rings. The van der Waals surface area contributed by atoms with Crippen molar-refractivity contribution in [3.8, 4) is 11.5 Å². The Morgan fingerprint density at radius 3 is 2.54 bits per heavy atom. The minimum absolute atomic E-state index is 0.167. The van der Waals surface area contributed by atoms with Crippen LogP contribution < -0.4 is 25.8 Å². The molecule has 1 aliphatic heterocycles. The Kier molecular flexibility index (Phi) is 4.86. The number of fused-ring (bicyclic) bond motifs is 1. The first-order valence-corrected chi connectivity index (χ1v) is 7.90. The number of ether oxygens (including phenoxy) is 2. The van der Waals surface area contributed by atoms with Crippen molar-refractivity contribution < 1.29 is 14.3 Å². The maximum Gasteiger partial charge on any atom is 0.316 e. The minimum Gasteiger partial charge on any atom is -0.486 e. The zero-order valence-corrected chi connectivity index (χ0v) is 13.5. The molecular formula is C18H21N3O3. The van der Waals surface area contributed by atoms with Gasteiger partial charge in [0.05, 0.1) is 0 Å². The monoisotopic (exact) mass is 327 g/mol. The molecular weight excluding hydrogens is 306 g/mol. The zero-order valence-electron chi connectivity index (χ0n) is 13.5. The second-order valence-electron chi connectivity index (χ2n) is 5.69. The molecule has 0 saturated carbocycles. The number of nitrogens with two attached hydrogens (primary N) is 1. The van der Waals surface area contributed by atoms with Crippen LogP contribution in [0.5, 0.6) is 11.5 Å². The number of anilines is 1. The lowest BCUT2D eigenvalue weighted by Crippen LogP contribution is -2.20. The highest BCUT2D eigenvalue weighted by atomic mass is 16.6. The zero-order chi connectivity index (χ0) is 16.9. The number of amides is 2. The van der Waals surface area contributed by atoms with Gasteiger partial charge in [-0.2, -0.15) is 0 Å². The highest BCUT2D eigenvalue weighted by molar-refractivity contribution is 5.87. The summed E-state index contributed by atoms with van der Waals surface area (Å²) in [6.07, 6.45) is 0. The normalized spacial score (nSPS) is 14.0. The van der Waals surface area contributed by atoms with Gasteiger partial charge in [-0.25, -0.2) is 4.79 Å². The fourth-order valence-corrected chi connectivity index (χ4v) is 2.58. The molecule has 2 aromatic carbocycles.